The molecule has 0 fully saturated rings. The number of rotatable bonds is 5. The molecule has 1 nitrogen and oxygen atoms in total. The van der Waals surface area contributed by atoms with Crippen molar-refractivity contribution in [3.63, 3.8) is 0 Å². The van der Waals surface area contributed by atoms with E-state index in [0.29, 0.717) is 0 Å². The summed E-state index contributed by atoms with van der Waals surface area (Å²) in [6.45, 7) is 6.95. The SMILES string of the molecule is CCNC(c1cccc(F)c1)C(C)(C)c1ccc(F)cc1. The highest BCUT2D eigenvalue weighted by atomic mass is 19.1. The molecule has 0 aliphatic heterocycles. The lowest BCUT2D eigenvalue weighted by molar-refractivity contribution is 0.352. The van der Waals surface area contributed by atoms with Gasteiger partial charge in [-0.05, 0) is 41.9 Å². The Kier molecular flexibility index (Phi) is 4.73. The molecular weight excluding hydrogens is 268 g/mol. The largest absolute Gasteiger partial charge is 0.309 e. The Morgan fingerprint density at radius 1 is 1.00 bits per heavy atom. The highest BCUT2D eigenvalue weighted by Crippen LogP contribution is 2.37. The third kappa shape index (κ3) is 3.48. The molecule has 2 aromatic carbocycles. The zero-order valence-corrected chi connectivity index (χ0v) is 12.7. The first-order valence-corrected chi connectivity index (χ1v) is 7.20. The minimum absolute atomic E-state index is 0.0522. The van der Waals surface area contributed by atoms with Gasteiger partial charge in [0.15, 0.2) is 0 Å². The van der Waals surface area contributed by atoms with Gasteiger partial charge in [0.05, 0.1) is 0 Å². The fourth-order valence-corrected chi connectivity index (χ4v) is 2.73. The summed E-state index contributed by atoms with van der Waals surface area (Å²) in [5.74, 6) is -0.495. The highest BCUT2D eigenvalue weighted by Gasteiger charge is 2.32. The third-order valence-corrected chi connectivity index (χ3v) is 3.90. The van der Waals surface area contributed by atoms with Gasteiger partial charge < -0.3 is 5.32 Å². The van der Waals surface area contributed by atoms with E-state index >= 15 is 0 Å². The monoisotopic (exact) mass is 289 g/mol. The number of likely N-dealkylation sites (N-methyl/N-ethyl adjacent to an activating group) is 1. The second-order valence-electron chi connectivity index (χ2n) is 5.77. The second kappa shape index (κ2) is 6.35. The molecule has 0 amide bonds. The van der Waals surface area contributed by atoms with Gasteiger partial charge in [0.25, 0.3) is 0 Å². The van der Waals surface area contributed by atoms with Crippen LogP contribution in [0.5, 0.6) is 0 Å². The van der Waals surface area contributed by atoms with Crippen molar-refractivity contribution in [3.8, 4) is 0 Å². The van der Waals surface area contributed by atoms with Gasteiger partial charge in [-0.1, -0.05) is 45.0 Å². The normalized spacial score (nSPS) is 13.2. The minimum Gasteiger partial charge on any atom is -0.309 e. The van der Waals surface area contributed by atoms with E-state index in [4.69, 9.17) is 0 Å². The van der Waals surface area contributed by atoms with Gasteiger partial charge in [-0.25, -0.2) is 8.78 Å². The summed E-state index contributed by atoms with van der Waals surface area (Å²) >= 11 is 0. The average Bonchev–Trinajstić information content (AvgIpc) is 2.45. The topological polar surface area (TPSA) is 12.0 Å². The zero-order valence-electron chi connectivity index (χ0n) is 12.7. The van der Waals surface area contributed by atoms with Crippen LogP contribution in [0.1, 0.15) is 37.9 Å². The van der Waals surface area contributed by atoms with Gasteiger partial charge in [0, 0.05) is 11.5 Å². The maximum absolute atomic E-state index is 13.5. The Balaban J connectivity index is 2.42. The summed E-state index contributed by atoms with van der Waals surface area (Å²) in [5, 5.41) is 3.42. The van der Waals surface area contributed by atoms with Crippen molar-refractivity contribution >= 4 is 0 Å². The van der Waals surface area contributed by atoms with Gasteiger partial charge in [-0.2, -0.15) is 0 Å². The fraction of sp³-hybridized carbons (Fsp3) is 0.333. The van der Waals surface area contributed by atoms with Crippen molar-refractivity contribution in [2.75, 3.05) is 6.54 Å². The van der Waals surface area contributed by atoms with E-state index in [-0.39, 0.29) is 23.1 Å². The summed E-state index contributed by atoms with van der Waals surface area (Å²) < 4.78 is 26.7. The molecule has 0 spiro atoms. The molecular formula is C18H21F2N. The molecule has 0 heterocycles. The fourth-order valence-electron chi connectivity index (χ4n) is 2.73. The van der Waals surface area contributed by atoms with Crippen LogP contribution >= 0.6 is 0 Å². The molecule has 0 aliphatic rings. The first-order valence-electron chi connectivity index (χ1n) is 7.20. The van der Waals surface area contributed by atoms with Crippen LogP contribution in [0.2, 0.25) is 0 Å². The van der Waals surface area contributed by atoms with Crippen LogP contribution in [-0.4, -0.2) is 6.54 Å². The summed E-state index contributed by atoms with van der Waals surface area (Å²) in [4.78, 5) is 0. The van der Waals surface area contributed by atoms with Crippen LogP contribution in [0.25, 0.3) is 0 Å². The Morgan fingerprint density at radius 2 is 1.67 bits per heavy atom. The van der Waals surface area contributed by atoms with Gasteiger partial charge in [0.1, 0.15) is 11.6 Å². The van der Waals surface area contributed by atoms with Crippen LogP contribution in [0.15, 0.2) is 48.5 Å². The Morgan fingerprint density at radius 3 is 2.24 bits per heavy atom. The average molecular weight is 289 g/mol. The van der Waals surface area contributed by atoms with Crippen molar-refractivity contribution < 1.29 is 8.78 Å². The standard InChI is InChI=1S/C18H21F2N/c1-4-21-17(13-6-5-7-16(20)12-13)18(2,3)14-8-10-15(19)11-9-14/h5-12,17,21H,4H2,1-3H3. The molecule has 0 saturated heterocycles. The highest BCUT2D eigenvalue weighted by molar-refractivity contribution is 5.32. The predicted molar refractivity (Wildman–Crippen MR) is 82.2 cm³/mol. The molecule has 112 valence electrons. The predicted octanol–water partition coefficient (Wildman–Crippen LogP) is 4.59. The number of benzene rings is 2. The molecule has 1 unspecified atom stereocenters. The Hall–Kier alpha value is -1.74. The summed E-state index contributed by atoms with van der Waals surface area (Å²) in [5.41, 5.74) is 1.61. The van der Waals surface area contributed by atoms with E-state index in [0.717, 1.165) is 17.7 Å². The molecule has 1 N–H and O–H groups in total. The lowest BCUT2D eigenvalue weighted by Crippen LogP contribution is -2.37. The van der Waals surface area contributed by atoms with Crippen molar-refractivity contribution in [3.05, 3.63) is 71.3 Å². The molecule has 0 radical (unpaired) electrons. The molecule has 2 aromatic rings. The third-order valence-electron chi connectivity index (χ3n) is 3.90. The van der Waals surface area contributed by atoms with Crippen LogP contribution in [-0.2, 0) is 5.41 Å². The molecule has 0 saturated carbocycles. The number of hydrogen-bond donors (Lipinski definition) is 1. The Bertz CT molecular complexity index is 590. The van der Waals surface area contributed by atoms with Gasteiger partial charge in [0.2, 0.25) is 0 Å². The summed E-state index contributed by atoms with van der Waals surface area (Å²) in [6, 6.07) is 13.1. The van der Waals surface area contributed by atoms with Crippen molar-refractivity contribution in [1.82, 2.24) is 5.32 Å². The van der Waals surface area contributed by atoms with Crippen LogP contribution in [0, 0.1) is 11.6 Å². The minimum atomic E-state index is -0.294. The van der Waals surface area contributed by atoms with Crippen LogP contribution in [0.3, 0.4) is 0 Å². The molecule has 2 rings (SSSR count). The number of halogens is 2. The van der Waals surface area contributed by atoms with Crippen molar-refractivity contribution in [2.24, 2.45) is 0 Å². The first kappa shape index (κ1) is 15.6. The molecule has 0 aromatic heterocycles. The maximum Gasteiger partial charge on any atom is 0.123 e. The first-order chi connectivity index (χ1) is 9.95. The van der Waals surface area contributed by atoms with E-state index in [2.05, 4.69) is 19.2 Å². The van der Waals surface area contributed by atoms with E-state index in [1.54, 1.807) is 24.3 Å². The van der Waals surface area contributed by atoms with E-state index < -0.39 is 0 Å². The van der Waals surface area contributed by atoms with Crippen molar-refractivity contribution in [2.45, 2.75) is 32.2 Å². The van der Waals surface area contributed by atoms with Crippen molar-refractivity contribution in [1.29, 1.82) is 0 Å². The van der Waals surface area contributed by atoms with Crippen LogP contribution in [0.4, 0.5) is 8.78 Å². The number of hydrogen-bond acceptors (Lipinski definition) is 1. The summed E-state index contributed by atoms with van der Waals surface area (Å²) in [7, 11) is 0. The molecule has 21 heavy (non-hydrogen) atoms. The lowest BCUT2D eigenvalue weighted by atomic mass is 9.75. The molecule has 3 heteroatoms. The number of nitrogens with one attached hydrogen (secondary N) is 1. The maximum atomic E-state index is 13.5. The zero-order chi connectivity index (χ0) is 15.5. The quantitative estimate of drug-likeness (QED) is 0.848. The summed E-state index contributed by atoms with van der Waals surface area (Å²) in [6.07, 6.45) is 0. The second-order valence-corrected chi connectivity index (χ2v) is 5.77. The molecule has 0 bridgehead atoms. The molecule has 0 aliphatic carbocycles. The Labute approximate surface area is 125 Å². The van der Waals surface area contributed by atoms with Gasteiger partial charge in [-0.15, -0.1) is 0 Å². The van der Waals surface area contributed by atoms with Crippen LogP contribution < -0.4 is 5.32 Å². The van der Waals surface area contributed by atoms with Gasteiger partial charge in [-0.3, -0.25) is 0 Å². The van der Waals surface area contributed by atoms with E-state index in [1.807, 2.05) is 13.0 Å². The smallest absolute Gasteiger partial charge is 0.123 e. The lowest BCUT2D eigenvalue weighted by Gasteiger charge is -2.36. The van der Waals surface area contributed by atoms with E-state index in [1.165, 1.54) is 18.2 Å². The van der Waals surface area contributed by atoms with E-state index in [9.17, 15) is 8.78 Å². The molecule has 1 atom stereocenters. The van der Waals surface area contributed by atoms with Gasteiger partial charge >= 0.3 is 0 Å².